The highest BCUT2D eigenvalue weighted by Gasteiger charge is 2.08. The summed E-state index contributed by atoms with van der Waals surface area (Å²) < 4.78 is 21.8. The van der Waals surface area contributed by atoms with E-state index in [-0.39, 0.29) is 17.1 Å². The van der Waals surface area contributed by atoms with E-state index in [4.69, 9.17) is 5.73 Å². The summed E-state index contributed by atoms with van der Waals surface area (Å²) in [7, 11) is -2.98. The van der Waals surface area contributed by atoms with Crippen molar-refractivity contribution in [2.75, 3.05) is 29.6 Å². The third kappa shape index (κ3) is 5.00. The molecule has 0 fully saturated rings. The average molecular weight is 273 g/mol. The molecule has 1 aromatic rings. The van der Waals surface area contributed by atoms with Gasteiger partial charge in [-0.25, -0.2) is 8.42 Å². The van der Waals surface area contributed by atoms with E-state index in [0.717, 1.165) is 0 Å². The Morgan fingerprint density at radius 2 is 2.06 bits per heavy atom. The number of nitro benzene ring substituents is 1. The van der Waals surface area contributed by atoms with Gasteiger partial charge in [-0.3, -0.25) is 10.1 Å². The molecule has 0 saturated heterocycles. The molecule has 0 aliphatic carbocycles. The van der Waals surface area contributed by atoms with Crippen LogP contribution >= 0.6 is 0 Å². The van der Waals surface area contributed by atoms with Crippen LogP contribution in [0.15, 0.2) is 18.2 Å². The lowest BCUT2D eigenvalue weighted by molar-refractivity contribution is -0.384. The maximum absolute atomic E-state index is 10.9. The Hall–Kier alpha value is -1.83. The van der Waals surface area contributed by atoms with Gasteiger partial charge in [0.1, 0.15) is 9.84 Å². The molecule has 3 N–H and O–H groups in total. The third-order valence-corrected chi connectivity index (χ3v) is 3.20. The number of hydrogen-bond acceptors (Lipinski definition) is 6. The predicted molar refractivity (Wildman–Crippen MR) is 70.3 cm³/mol. The molecule has 18 heavy (non-hydrogen) atoms. The molecule has 100 valence electrons. The normalized spacial score (nSPS) is 11.2. The number of nitrogens with zero attached hydrogens (tertiary/aromatic N) is 1. The minimum atomic E-state index is -2.98. The van der Waals surface area contributed by atoms with Crippen LogP contribution in [0.4, 0.5) is 17.1 Å². The number of hydrogen-bond donors (Lipinski definition) is 2. The largest absolute Gasteiger partial charge is 0.398 e. The highest BCUT2D eigenvalue weighted by Crippen LogP contribution is 2.22. The van der Waals surface area contributed by atoms with E-state index in [1.807, 2.05) is 0 Å². The van der Waals surface area contributed by atoms with E-state index >= 15 is 0 Å². The summed E-state index contributed by atoms with van der Waals surface area (Å²) in [4.78, 5) is 10.1. The quantitative estimate of drug-likeness (QED) is 0.346. The zero-order chi connectivity index (χ0) is 13.8. The van der Waals surface area contributed by atoms with E-state index in [1.165, 1.54) is 18.4 Å². The van der Waals surface area contributed by atoms with Crippen LogP contribution in [-0.4, -0.2) is 31.9 Å². The average Bonchev–Trinajstić information content (AvgIpc) is 2.22. The molecule has 8 heteroatoms. The molecule has 0 spiro atoms. The first kappa shape index (κ1) is 14.2. The number of nitro groups is 1. The number of rotatable bonds is 6. The Kier molecular flexibility index (Phi) is 4.49. The summed E-state index contributed by atoms with van der Waals surface area (Å²) in [6.07, 6.45) is 1.60. The fraction of sp³-hybridized carbons (Fsp3) is 0.400. The molecule has 0 unspecified atom stereocenters. The zero-order valence-corrected chi connectivity index (χ0v) is 10.7. The molecule has 7 nitrogen and oxygen atoms in total. The lowest BCUT2D eigenvalue weighted by Crippen LogP contribution is -2.10. The van der Waals surface area contributed by atoms with Gasteiger partial charge < -0.3 is 11.1 Å². The van der Waals surface area contributed by atoms with E-state index in [9.17, 15) is 18.5 Å². The predicted octanol–water partition coefficient (Wildman–Crippen LogP) is 1.02. The van der Waals surface area contributed by atoms with Gasteiger partial charge in [0.05, 0.1) is 10.7 Å². The second-order valence-electron chi connectivity index (χ2n) is 3.98. The van der Waals surface area contributed by atoms with Crippen LogP contribution in [-0.2, 0) is 9.84 Å². The van der Waals surface area contributed by atoms with Crippen LogP contribution in [0.1, 0.15) is 6.42 Å². The fourth-order valence-electron chi connectivity index (χ4n) is 1.41. The summed E-state index contributed by atoms with van der Waals surface area (Å²) in [5.41, 5.74) is 6.23. The fourth-order valence-corrected chi connectivity index (χ4v) is 2.08. The summed E-state index contributed by atoms with van der Waals surface area (Å²) in [6.45, 7) is 0.410. The number of nitrogens with one attached hydrogen (secondary N) is 1. The van der Waals surface area contributed by atoms with Crippen LogP contribution in [0.5, 0.6) is 0 Å². The van der Waals surface area contributed by atoms with Crippen molar-refractivity contribution in [3.05, 3.63) is 28.3 Å². The lowest BCUT2D eigenvalue weighted by Gasteiger charge is -2.06. The Bertz CT molecular complexity index is 542. The zero-order valence-electron chi connectivity index (χ0n) is 9.92. The Balaban J connectivity index is 2.60. The van der Waals surface area contributed by atoms with Crippen LogP contribution in [0, 0.1) is 10.1 Å². The van der Waals surface area contributed by atoms with Crippen molar-refractivity contribution in [2.45, 2.75) is 6.42 Å². The molecular weight excluding hydrogens is 258 g/mol. The van der Waals surface area contributed by atoms with Crippen LogP contribution in [0.2, 0.25) is 0 Å². The first-order chi connectivity index (χ1) is 8.28. The topological polar surface area (TPSA) is 115 Å². The number of sulfone groups is 1. The summed E-state index contributed by atoms with van der Waals surface area (Å²) in [5, 5.41) is 13.5. The Labute approximate surface area is 105 Å². The van der Waals surface area contributed by atoms with Crippen molar-refractivity contribution in [1.82, 2.24) is 0 Å². The van der Waals surface area contributed by atoms with Crippen molar-refractivity contribution < 1.29 is 13.3 Å². The summed E-state index contributed by atoms with van der Waals surface area (Å²) in [6, 6.07) is 4.19. The molecule has 0 heterocycles. The second-order valence-corrected chi connectivity index (χ2v) is 6.24. The van der Waals surface area contributed by atoms with Gasteiger partial charge in [-0.15, -0.1) is 0 Å². The maximum atomic E-state index is 10.9. The van der Waals surface area contributed by atoms with Crippen molar-refractivity contribution in [2.24, 2.45) is 0 Å². The van der Waals surface area contributed by atoms with Gasteiger partial charge in [-0.05, 0) is 12.5 Å². The molecule has 0 aliphatic heterocycles. The van der Waals surface area contributed by atoms with E-state index < -0.39 is 14.8 Å². The smallest absolute Gasteiger partial charge is 0.273 e. The minimum absolute atomic E-state index is 0.0738. The third-order valence-electron chi connectivity index (χ3n) is 2.17. The molecular formula is C10H15N3O4S. The molecule has 0 amide bonds. The van der Waals surface area contributed by atoms with Crippen molar-refractivity contribution >= 4 is 26.9 Å². The van der Waals surface area contributed by atoms with Gasteiger partial charge in [-0.1, -0.05) is 0 Å². The minimum Gasteiger partial charge on any atom is -0.398 e. The van der Waals surface area contributed by atoms with Crippen molar-refractivity contribution in [1.29, 1.82) is 0 Å². The molecule has 0 saturated carbocycles. The first-order valence-corrected chi connectivity index (χ1v) is 7.30. The van der Waals surface area contributed by atoms with Crippen LogP contribution in [0.3, 0.4) is 0 Å². The van der Waals surface area contributed by atoms with Crippen LogP contribution in [0.25, 0.3) is 0 Å². The number of non-ortho nitro benzene ring substituents is 1. The van der Waals surface area contributed by atoms with Gasteiger partial charge in [0.25, 0.3) is 5.69 Å². The van der Waals surface area contributed by atoms with Gasteiger partial charge in [0.2, 0.25) is 0 Å². The standard InChI is InChI=1S/C10H15N3O4S/c1-18(16,17)4-2-3-12-9-5-8(11)6-10(7-9)13(14)15/h5-7,12H,2-4,11H2,1H3. The second kappa shape index (κ2) is 5.67. The van der Waals surface area contributed by atoms with E-state index in [1.54, 1.807) is 6.07 Å². The highest BCUT2D eigenvalue weighted by atomic mass is 32.2. The van der Waals surface area contributed by atoms with Crippen molar-refractivity contribution in [3.63, 3.8) is 0 Å². The Morgan fingerprint density at radius 3 is 2.61 bits per heavy atom. The molecule has 1 aromatic carbocycles. The number of benzene rings is 1. The monoisotopic (exact) mass is 273 g/mol. The molecule has 1 rings (SSSR count). The van der Waals surface area contributed by atoms with Gasteiger partial charge >= 0.3 is 0 Å². The maximum Gasteiger partial charge on any atom is 0.273 e. The number of anilines is 2. The summed E-state index contributed by atoms with van der Waals surface area (Å²) in [5.74, 6) is 0.0738. The Morgan fingerprint density at radius 1 is 1.39 bits per heavy atom. The first-order valence-electron chi connectivity index (χ1n) is 5.24. The van der Waals surface area contributed by atoms with Gasteiger partial charge in [0.15, 0.2) is 0 Å². The number of nitrogen functional groups attached to an aromatic ring is 1. The lowest BCUT2D eigenvalue weighted by atomic mass is 10.2. The van der Waals surface area contributed by atoms with Crippen molar-refractivity contribution in [3.8, 4) is 0 Å². The van der Waals surface area contributed by atoms with E-state index in [0.29, 0.717) is 18.7 Å². The number of nitrogens with two attached hydrogens (primary N) is 1. The van der Waals surface area contributed by atoms with Gasteiger partial charge in [-0.2, -0.15) is 0 Å². The molecule has 0 aliphatic rings. The molecule has 0 bridgehead atoms. The highest BCUT2D eigenvalue weighted by molar-refractivity contribution is 7.90. The molecule has 0 aromatic heterocycles. The molecule has 0 atom stereocenters. The molecule has 0 radical (unpaired) electrons. The van der Waals surface area contributed by atoms with Crippen LogP contribution < -0.4 is 11.1 Å². The van der Waals surface area contributed by atoms with E-state index in [2.05, 4.69) is 5.32 Å². The van der Waals surface area contributed by atoms with Gasteiger partial charge in [0, 0.05) is 36.3 Å². The summed E-state index contributed by atoms with van der Waals surface area (Å²) >= 11 is 0. The SMILES string of the molecule is CS(=O)(=O)CCCNc1cc(N)cc([N+](=O)[O-])c1.